The first-order valence-corrected chi connectivity index (χ1v) is 7.42. The highest BCUT2D eigenvalue weighted by atomic mass is 35.5. The van der Waals surface area contributed by atoms with E-state index in [4.69, 9.17) is 11.6 Å². The van der Waals surface area contributed by atoms with E-state index < -0.39 is 5.56 Å². The second kappa shape index (κ2) is 5.57. The van der Waals surface area contributed by atoms with Crippen molar-refractivity contribution in [2.45, 2.75) is 0 Å². The molecule has 0 saturated carbocycles. The predicted molar refractivity (Wildman–Crippen MR) is 85.5 cm³/mol. The third kappa shape index (κ3) is 2.62. The van der Waals surface area contributed by atoms with Crippen molar-refractivity contribution in [2.75, 3.05) is 0 Å². The number of halogens is 1. The van der Waals surface area contributed by atoms with Crippen LogP contribution in [0, 0.1) is 11.3 Å². The van der Waals surface area contributed by atoms with Crippen molar-refractivity contribution in [2.24, 2.45) is 0 Å². The number of benzene rings is 1. The topological polar surface area (TPSA) is 56.6 Å². The van der Waals surface area contributed by atoms with Crippen LogP contribution in [0.25, 0.3) is 21.7 Å². The monoisotopic (exact) mass is 312 g/mol. The fourth-order valence-electron chi connectivity index (χ4n) is 2.11. The number of nitrogens with one attached hydrogen (secondary N) is 1. The molecular formula is C16H9ClN2OS. The van der Waals surface area contributed by atoms with Crippen LogP contribution in [0.3, 0.4) is 0 Å². The number of pyridine rings is 1. The molecule has 102 valence electrons. The number of hydrogen-bond acceptors (Lipinski definition) is 3. The van der Waals surface area contributed by atoms with Gasteiger partial charge < -0.3 is 4.98 Å². The molecule has 1 aromatic carbocycles. The summed E-state index contributed by atoms with van der Waals surface area (Å²) in [5.41, 5.74) is 1.83. The van der Waals surface area contributed by atoms with E-state index in [0.717, 1.165) is 10.4 Å². The van der Waals surface area contributed by atoms with Crippen LogP contribution in [0.1, 0.15) is 5.56 Å². The van der Waals surface area contributed by atoms with Gasteiger partial charge in [0.2, 0.25) is 0 Å². The van der Waals surface area contributed by atoms with Gasteiger partial charge in [-0.3, -0.25) is 4.79 Å². The molecule has 0 amide bonds. The molecule has 3 rings (SSSR count). The number of nitrogens with zero attached hydrogens (tertiary/aromatic N) is 1. The maximum Gasteiger partial charge on any atom is 0.267 e. The molecule has 0 unspecified atom stereocenters. The fraction of sp³-hybridized carbons (Fsp3) is 0. The molecule has 0 saturated heterocycles. The molecule has 0 spiro atoms. The van der Waals surface area contributed by atoms with Crippen molar-refractivity contribution in [3.05, 3.63) is 68.8 Å². The van der Waals surface area contributed by atoms with Crippen LogP contribution in [0.2, 0.25) is 5.02 Å². The number of H-pyrrole nitrogens is 1. The molecule has 0 fully saturated rings. The third-order valence-electron chi connectivity index (χ3n) is 3.07. The minimum absolute atomic E-state index is 0.128. The highest BCUT2D eigenvalue weighted by molar-refractivity contribution is 7.13. The first-order chi connectivity index (χ1) is 10.2. The number of aromatic amines is 1. The Morgan fingerprint density at radius 3 is 2.71 bits per heavy atom. The molecular weight excluding hydrogens is 304 g/mol. The van der Waals surface area contributed by atoms with Crippen LogP contribution in [-0.4, -0.2) is 4.98 Å². The maximum atomic E-state index is 12.1. The SMILES string of the molecule is N#Cc1c(-c2cccs2)cc(-c2cccc(Cl)c2)[nH]c1=O. The lowest BCUT2D eigenvalue weighted by molar-refractivity contribution is 1.22. The van der Waals surface area contributed by atoms with E-state index >= 15 is 0 Å². The zero-order valence-electron chi connectivity index (χ0n) is 10.8. The Kier molecular flexibility index (Phi) is 3.61. The Labute approximate surface area is 130 Å². The van der Waals surface area contributed by atoms with E-state index in [1.807, 2.05) is 41.8 Å². The van der Waals surface area contributed by atoms with Crippen LogP contribution in [0.5, 0.6) is 0 Å². The van der Waals surface area contributed by atoms with Crippen molar-refractivity contribution in [3.8, 4) is 27.8 Å². The molecule has 0 aliphatic heterocycles. The molecule has 1 N–H and O–H groups in total. The molecule has 3 nitrogen and oxygen atoms in total. The molecule has 0 radical (unpaired) electrons. The van der Waals surface area contributed by atoms with Gasteiger partial charge in [0.1, 0.15) is 11.6 Å². The van der Waals surface area contributed by atoms with Crippen molar-refractivity contribution in [1.29, 1.82) is 5.26 Å². The van der Waals surface area contributed by atoms with Crippen molar-refractivity contribution >= 4 is 22.9 Å². The van der Waals surface area contributed by atoms with Gasteiger partial charge in [0.15, 0.2) is 0 Å². The van der Waals surface area contributed by atoms with Crippen LogP contribution in [0.4, 0.5) is 0 Å². The lowest BCUT2D eigenvalue weighted by atomic mass is 10.0. The number of rotatable bonds is 2. The Morgan fingerprint density at radius 2 is 2.05 bits per heavy atom. The summed E-state index contributed by atoms with van der Waals surface area (Å²) in [6.45, 7) is 0. The molecule has 0 aliphatic rings. The third-order valence-corrected chi connectivity index (χ3v) is 4.21. The Balaban J connectivity index is 2.26. The summed E-state index contributed by atoms with van der Waals surface area (Å²) in [7, 11) is 0. The van der Waals surface area contributed by atoms with Gasteiger partial charge in [-0.15, -0.1) is 11.3 Å². The van der Waals surface area contributed by atoms with Crippen molar-refractivity contribution in [3.63, 3.8) is 0 Å². The first kappa shape index (κ1) is 13.6. The minimum Gasteiger partial charge on any atom is -0.321 e. The highest BCUT2D eigenvalue weighted by Gasteiger charge is 2.13. The normalized spacial score (nSPS) is 10.3. The average molecular weight is 313 g/mol. The smallest absolute Gasteiger partial charge is 0.267 e. The van der Waals surface area contributed by atoms with E-state index in [9.17, 15) is 10.1 Å². The van der Waals surface area contributed by atoms with E-state index in [-0.39, 0.29) is 5.56 Å². The summed E-state index contributed by atoms with van der Waals surface area (Å²) in [4.78, 5) is 15.8. The quantitative estimate of drug-likeness (QED) is 0.767. The molecule has 0 aliphatic carbocycles. The molecule has 2 heterocycles. The predicted octanol–water partition coefficient (Wildman–Crippen LogP) is 4.30. The number of hydrogen-bond donors (Lipinski definition) is 1. The van der Waals surface area contributed by atoms with Crippen LogP contribution >= 0.6 is 22.9 Å². The summed E-state index contributed by atoms with van der Waals surface area (Å²) < 4.78 is 0. The van der Waals surface area contributed by atoms with Crippen LogP contribution < -0.4 is 5.56 Å². The summed E-state index contributed by atoms with van der Waals surface area (Å²) in [5, 5.41) is 11.7. The van der Waals surface area contributed by atoms with E-state index in [2.05, 4.69) is 4.98 Å². The lowest BCUT2D eigenvalue weighted by Crippen LogP contribution is -2.12. The van der Waals surface area contributed by atoms with Gasteiger partial charge in [-0.2, -0.15) is 5.26 Å². The minimum atomic E-state index is -0.390. The van der Waals surface area contributed by atoms with Gasteiger partial charge in [0.05, 0.1) is 0 Å². The van der Waals surface area contributed by atoms with Crippen LogP contribution in [0.15, 0.2) is 52.6 Å². The number of aromatic nitrogens is 1. The molecule has 0 bridgehead atoms. The largest absolute Gasteiger partial charge is 0.321 e. The Morgan fingerprint density at radius 1 is 1.19 bits per heavy atom. The molecule has 2 aromatic heterocycles. The summed E-state index contributed by atoms with van der Waals surface area (Å²) in [5.74, 6) is 0. The van der Waals surface area contributed by atoms with Gasteiger partial charge in [-0.1, -0.05) is 29.8 Å². The lowest BCUT2D eigenvalue weighted by Gasteiger charge is -2.06. The summed E-state index contributed by atoms with van der Waals surface area (Å²) >= 11 is 7.48. The van der Waals surface area contributed by atoms with Gasteiger partial charge in [0.25, 0.3) is 5.56 Å². The average Bonchev–Trinajstić information content (AvgIpc) is 3.00. The first-order valence-electron chi connectivity index (χ1n) is 6.16. The van der Waals surface area contributed by atoms with Gasteiger partial charge in [-0.05, 0) is 35.2 Å². The van der Waals surface area contributed by atoms with E-state index in [0.29, 0.717) is 16.3 Å². The Hall–Kier alpha value is -2.35. The standard InChI is InChI=1S/C16H9ClN2OS/c17-11-4-1-3-10(7-11)14-8-12(15-5-2-6-21-15)13(9-18)16(20)19-14/h1-8H,(H,19,20). The number of thiophene rings is 1. The molecule has 3 aromatic rings. The van der Waals surface area contributed by atoms with Crippen LogP contribution in [-0.2, 0) is 0 Å². The molecule has 5 heteroatoms. The molecule has 0 atom stereocenters. The molecule has 21 heavy (non-hydrogen) atoms. The van der Waals surface area contributed by atoms with E-state index in [1.54, 1.807) is 12.1 Å². The van der Waals surface area contributed by atoms with Gasteiger partial charge >= 0.3 is 0 Å². The summed E-state index contributed by atoms with van der Waals surface area (Å²) in [6, 6.07) is 14.8. The highest BCUT2D eigenvalue weighted by Crippen LogP contribution is 2.29. The van der Waals surface area contributed by atoms with Crippen molar-refractivity contribution < 1.29 is 0 Å². The zero-order chi connectivity index (χ0) is 14.8. The van der Waals surface area contributed by atoms with Gasteiger partial charge in [-0.25, -0.2) is 0 Å². The zero-order valence-corrected chi connectivity index (χ0v) is 12.3. The van der Waals surface area contributed by atoms with Gasteiger partial charge in [0, 0.05) is 21.2 Å². The van der Waals surface area contributed by atoms with Crippen molar-refractivity contribution in [1.82, 2.24) is 4.98 Å². The summed E-state index contributed by atoms with van der Waals surface area (Å²) in [6.07, 6.45) is 0. The fourth-order valence-corrected chi connectivity index (χ4v) is 3.05. The second-order valence-corrected chi connectivity index (χ2v) is 5.78. The van der Waals surface area contributed by atoms with E-state index in [1.165, 1.54) is 11.3 Å². The Bertz CT molecular complexity index is 891. The maximum absolute atomic E-state index is 12.1. The second-order valence-electron chi connectivity index (χ2n) is 4.40. The number of nitriles is 1.